The summed E-state index contributed by atoms with van der Waals surface area (Å²) < 4.78 is 0. The Kier molecular flexibility index (Phi) is 2.93. The van der Waals surface area contributed by atoms with Crippen molar-refractivity contribution in [3.8, 4) is 0 Å². The molecule has 0 saturated carbocycles. The molecule has 0 N–H and O–H groups in total. The van der Waals surface area contributed by atoms with Gasteiger partial charge >= 0.3 is 0 Å². The smallest absolute Gasteiger partial charge is 0.270 e. The number of benzene rings is 1. The highest BCUT2D eigenvalue weighted by Gasteiger charge is 2.29. The van der Waals surface area contributed by atoms with Crippen molar-refractivity contribution in [3.05, 3.63) is 51.6 Å². The summed E-state index contributed by atoms with van der Waals surface area (Å²) in [6.07, 6.45) is 1.23. The van der Waals surface area contributed by atoms with Crippen LogP contribution in [0.5, 0.6) is 0 Å². The van der Waals surface area contributed by atoms with E-state index in [1.807, 2.05) is 0 Å². The molecule has 0 aliphatic carbocycles. The van der Waals surface area contributed by atoms with Gasteiger partial charge in [-0.15, -0.1) is 0 Å². The van der Waals surface area contributed by atoms with Gasteiger partial charge in [-0.3, -0.25) is 24.6 Å². The molecule has 92 valence electrons. The van der Waals surface area contributed by atoms with Gasteiger partial charge in [-0.1, -0.05) is 18.2 Å². The van der Waals surface area contributed by atoms with Gasteiger partial charge in [0, 0.05) is 23.3 Å². The zero-order chi connectivity index (χ0) is 13.3. The van der Waals surface area contributed by atoms with Crippen molar-refractivity contribution < 1.29 is 14.5 Å². The fraction of sp³-hybridized carbons (Fsp3) is 0.167. The summed E-state index contributed by atoms with van der Waals surface area (Å²) in [5.41, 5.74) is 0.591. The van der Waals surface area contributed by atoms with E-state index < -0.39 is 16.7 Å². The molecule has 0 bridgehead atoms. The zero-order valence-electron chi connectivity index (χ0n) is 9.62. The van der Waals surface area contributed by atoms with Gasteiger partial charge in [0.1, 0.15) is 0 Å². The third-order valence-electron chi connectivity index (χ3n) is 2.71. The predicted octanol–water partition coefficient (Wildman–Crippen LogP) is 1.41. The number of nitro benzene ring substituents is 1. The van der Waals surface area contributed by atoms with Gasteiger partial charge in [-0.25, -0.2) is 0 Å². The molecule has 0 radical (unpaired) electrons. The Labute approximate surface area is 103 Å². The predicted molar refractivity (Wildman–Crippen MR) is 62.4 cm³/mol. The first-order valence-corrected chi connectivity index (χ1v) is 5.27. The van der Waals surface area contributed by atoms with Crippen LogP contribution in [0, 0.1) is 10.1 Å². The molecule has 0 spiro atoms. The van der Waals surface area contributed by atoms with Gasteiger partial charge in [0.15, 0.2) is 0 Å². The Morgan fingerprint density at radius 3 is 2.50 bits per heavy atom. The second-order valence-electron chi connectivity index (χ2n) is 3.94. The van der Waals surface area contributed by atoms with Crippen molar-refractivity contribution in [2.75, 3.05) is 0 Å². The maximum atomic E-state index is 11.7. The minimum absolute atomic E-state index is 0.0807. The maximum Gasteiger partial charge on any atom is 0.274 e. The SMILES string of the molecule is CC1=CC(=O)N(Cc2ccccc2[N+](=O)[O-])C1=O. The van der Waals surface area contributed by atoms with E-state index in [2.05, 4.69) is 0 Å². The monoisotopic (exact) mass is 246 g/mol. The average molecular weight is 246 g/mol. The first-order valence-electron chi connectivity index (χ1n) is 5.27. The third kappa shape index (κ3) is 2.00. The van der Waals surface area contributed by atoms with Gasteiger partial charge < -0.3 is 0 Å². The number of hydrogen-bond acceptors (Lipinski definition) is 4. The summed E-state index contributed by atoms with van der Waals surface area (Å²) in [5.74, 6) is -0.839. The minimum atomic E-state index is -0.527. The molecular formula is C12H10N2O4. The van der Waals surface area contributed by atoms with E-state index in [1.165, 1.54) is 18.2 Å². The zero-order valence-corrected chi connectivity index (χ0v) is 9.62. The summed E-state index contributed by atoms with van der Waals surface area (Å²) in [4.78, 5) is 34.5. The van der Waals surface area contributed by atoms with E-state index in [0.29, 0.717) is 11.1 Å². The summed E-state index contributed by atoms with van der Waals surface area (Å²) in [6, 6.07) is 6.05. The molecule has 18 heavy (non-hydrogen) atoms. The second-order valence-corrected chi connectivity index (χ2v) is 3.94. The molecule has 1 aromatic rings. The molecule has 6 heteroatoms. The topological polar surface area (TPSA) is 80.5 Å². The molecule has 0 unspecified atom stereocenters. The van der Waals surface area contributed by atoms with Crippen LogP contribution in [0.3, 0.4) is 0 Å². The van der Waals surface area contributed by atoms with Crippen LogP contribution in [0.1, 0.15) is 12.5 Å². The van der Waals surface area contributed by atoms with E-state index in [-0.39, 0.29) is 12.2 Å². The Hall–Kier alpha value is -2.50. The first kappa shape index (κ1) is 12.0. The standard InChI is InChI=1S/C12H10N2O4/c1-8-6-11(15)13(12(8)16)7-9-4-2-3-5-10(9)14(17)18/h2-6H,7H2,1H3. The normalized spacial score (nSPS) is 14.9. The number of imide groups is 1. The molecule has 1 aliphatic heterocycles. The lowest BCUT2D eigenvalue weighted by atomic mass is 10.1. The van der Waals surface area contributed by atoms with Crippen molar-refractivity contribution >= 4 is 17.5 Å². The van der Waals surface area contributed by atoms with Crippen LogP contribution in [-0.4, -0.2) is 21.6 Å². The average Bonchev–Trinajstić information content (AvgIpc) is 2.56. The van der Waals surface area contributed by atoms with Crippen LogP contribution in [0.2, 0.25) is 0 Å². The van der Waals surface area contributed by atoms with Crippen molar-refractivity contribution in [1.29, 1.82) is 0 Å². The van der Waals surface area contributed by atoms with Crippen LogP contribution in [0.15, 0.2) is 35.9 Å². The molecule has 0 aromatic heterocycles. The summed E-state index contributed by atoms with van der Waals surface area (Å²) in [7, 11) is 0. The Morgan fingerprint density at radius 1 is 1.28 bits per heavy atom. The maximum absolute atomic E-state index is 11.7. The van der Waals surface area contributed by atoms with Crippen LogP contribution in [0.25, 0.3) is 0 Å². The largest absolute Gasteiger partial charge is 0.274 e. The molecule has 1 aromatic carbocycles. The summed E-state index contributed by atoms with van der Waals surface area (Å²) >= 11 is 0. The molecular weight excluding hydrogens is 236 g/mol. The van der Waals surface area contributed by atoms with Crippen LogP contribution in [-0.2, 0) is 16.1 Å². The first-order chi connectivity index (χ1) is 8.50. The van der Waals surface area contributed by atoms with Crippen molar-refractivity contribution in [2.45, 2.75) is 13.5 Å². The Morgan fingerprint density at radius 2 is 1.94 bits per heavy atom. The van der Waals surface area contributed by atoms with Crippen LogP contribution < -0.4 is 0 Å². The second kappa shape index (κ2) is 4.40. The summed E-state index contributed by atoms with van der Waals surface area (Å²) in [6.45, 7) is 1.46. The van der Waals surface area contributed by atoms with E-state index in [1.54, 1.807) is 19.1 Å². The van der Waals surface area contributed by atoms with Gasteiger partial charge in [0.25, 0.3) is 17.5 Å². The lowest BCUT2D eigenvalue weighted by Crippen LogP contribution is -2.30. The molecule has 1 heterocycles. The highest BCUT2D eigenvalue weighted by Crippen LogP contribution is 2.22. The molecule has 2 rings (SSSR count). The quantitative estimate of drug-likeness (QED) is 0.458. The van der Waals surface area contributed by atoms with Gasteiger partial charge in [0.05, 0.1) is 11.5 Å². The highest BCUT2D eigenvalue weighted by molar-refractivity contribution is 6.15. The number of nitro groups is 1. The van der Waals surface area contributed by atoms with Gasteiger partial charge in [0.2, 0.25) is 0 Å². The van der Waals surface area contributed by atoms with E-state index in [4.69, 9.17) is 0 Å². The van der Waals surface area contributed by atoms with Crippen molar-refractivity contribution in [2.24, 2.45) is 0 Å². The molecule has 2 amide bonds. The van der Waals surface area contributed by atoms with Crippen LogP contribution in [0.4, 0.5) is 5.69 Å². The van der Waals surface area contributed by atoms with Gasteiger partial charge in [-0.2, -0.15) is 0 Å². The van der Waals surface area contributed by atoms with Crippen molar-refractivity contribution in [1.82, 2.24) is 4.90 Å². The molecule has 0 saturated heterocycles. The number of para-hydroxylation sites is 1. The molecule has 1 aliphatic rings. The number of carbonyl (C=O) groups excluding carboxylic acids is 2. The Bertz CT molecular complexity index is 577. The fourth-order valence-corrected chi connectivity index (χ4v) is 1.78. The Balaban J connectivity index is 2.29. The number of rotatable bonds is 3. The van der Waals surface area contributed by atoms with Crippen molar-refractivity contribution in [3.63, 3.8) is 0 Å². The minimum Gasteiger partial charge on any atom is -0.270 e. The highest BCUT2D eigenvalue weighted by atomic mass is 16.6. The number of nitrogens with zero attached hydrogens (tertiary/aromatic N) is 2. The third-order valence-corrected chi connectivity index (χ3v) is 2.71. The summed E-state index contributed by atoms with van der Waals surface area (Å²) in [5, 5.41) is 10.8. The molecule has 0 fully saturated rings. The molecule has 0 atom stereocenters. The fourth-order valence-electron chi connectivity index (χ4n) is 1.78. The lowest BCUT2D eigenvalue weighted by molar-refractivity contribution is -0.385. The number of carbonyl (C=O) groups is 2. The number of amides is 2. The van der Waals surface area contributed by atoms with E-state index in [9.17, 15) is 19.7 Å². The molecule has 6 nitrogen and oxygen atoms in total. The van der Waals surface area contributed by atoms with Crippen LogP contribution >= 0.6 is 0 Å². The van der Waals surface area contributed by atoms with Gasteiger partial charge in [-0.05, 0) is 6.92 Å². The number of hydrogen-bond donors (Lipinski definition) is 0. The van der Waals surface area contributed by atoms with E-state index in [0.717, 1.165) is 4.90 Å². The van der Waals surface area contributed by atoms with E-state index >= 15 is 0 Å². The lowest BCUT2D eigenvalue weighted by Gasteiger charge is -2.14.